The molecular formula is C15H11ClF2N2. The van der Waals surface area contributed by atoms with Gasteiger partial charge in [-0.25, -0.2) is 8.78 Å². The Labute approximate surface area is 120 Å². The predicted molar refractivity (Wildman–Crippen MR) is 74.6 cm³/mol. The van der Waals surface area contributed by atoms with Crippen molar-refractivity contribution in [2.75, 3.05) is 11.9 Å². The molecule has 2 aromatic rings. The second-order valence-corrected chi connectivity index (χ2v) is 4.79. The Kier molecular flexibility index (Phi) is 4.21. The smallest absolute Gasteiger partial charge is 0.183 e. The minimum absolute atomic E-state index is 0.108. The van der Waals surface area contributed by atoms with E-state index in [4.69, 9.17) is 16.9 Å². The minimum Gasteiger partial charge on any atom is -0.368 e. The molecule has 0 radical (unpaired) electrons. The average molecular weight is 293 g/mol. The largest absolute Gasteiger partial charge is 0.368 e. The standard InChI is InChI=1S/C15H11ClF2N2/c1-20(9-10-2-5-12(16)6-3-10)13-7-4-11(8-19)14(17)15(13)18/h2-7H,9H2,1H3. The quantitative estimate of drug-likeness (QED) is 0.850. The van der Waals surface area contributed by atoms with Gasteiger partial charge in [-0.05, 0) is 29.8 Å². The van der Waals surface area contributed by atoms with Crippen LogP contribution in [0.1, 0.15) is 11.1 Å². The van der Waals surface area contributed by atoms with Gasteiger partial charge in [0.1, 0.15) is 6.07 Å². The summed E-state index contributed by atoms with van der Waals surface area (Å²) >= 11 is 5.79. The average Bonchev–Trinajstić information content (AvgIpc) is 2.44. The molecule has 0 unspecified atom stereocenters. The van der Waals surface area contributed by atoms with E-state index >= 15 is 0 Å². The van der Waals surface area contributed by atoms with Crippen LogP contribution in [0.25, 0.3) is 0 Å². The Balaban J connectivity index is 2.26. The molecular weight excluding hydrogens is 282 g/mol. The maximum atomic E-state index is 13.9. The lowest BCUT2D eigenvalue weighted by Gasteiger charge is -2.20. The van der Waals surface area contributed by atoms with Gasteiger partial charge < -0.3 is 4.90 Å². The molecule has 0 heterocycles. The molecule has 102 valence electrons. The third-order valence-corrected chi connectivity index (χ3v) is 3.18. The first kappa shape index (κ1) is 14.3. The van der Waals surface area contributed by atoms with Crippen molar-refractivity contribution in [2.24, 2.45) is 0 Å². The van der Waals surface area contributed by atoms with Crippen molar-refractivity contribution in [3.63, 3.8) is 0 Å². The number of hydrogen-bond acceptors (Lipinski definition) is 2. The fourth-order valence-corrected chi connectivity index (χ4v) is 2.00. The molecule has 0 aromatic heterocycles. The van der Waals surface area contributed by atoms with Gasteiger partial charge in [0, 0.05) is 18.6 Å². The van der Waals surface area contributed by atoms with E-state index < -0.39 is 11.6 Å². The molecule has 0 aliphatic carbocycles. The molecule has 0 saturated heterocycles. The fraction of sp³-hybridized carbons (Fsp3) is 0.133. The van der Waals surface area contributed by atoms with Crippen molar-refractivity contribution in [3.05, 3.63) is 64.2 Å². The lowest BCUT2D eigenvalue weighted by Crippen LogP contribution is -2.18. The Morgan fingerprint density at radius 2 is 1.75 bits per heavy atom. The second kappa shape index (κ2) is 5.89. The first-order valence-electron chi connectivity index (χ1n) is 5.86. The van der Waals surface area contributed by atoms with Crippen molar-refractivity contribution in [1.82, 2.24) is 0 Å². The van der Waals surface area contributed by atoms with Crippen LogP contribution < -0.4 is 4.90 Å². The molecule has 0 atom stereocenters. The molecule has 0 N–H and O–H groups in total. The highest BCUT2D eigenvalue weighted by atomic mass is 35.5. The van der Waals surface area contributed by atoms with Gasteiger partial charge in [-0.3, -0.25) is 0 Å². The topological polar surface area (TPSA) is 27.0 Å². The number of benzene rings is 2. The van der Waals surface area contributed by atoms with Gasteiger partial charge in [-0.15, -0.1) is 0 Å². The molecule has 2 aromatic carbocycles. The van der Waals surface area contributed by atoms with Crippen LogP contribution >= 0.6 is 11.6 Å². The van der Waals surface area contributed by atoms with E-state index in [1.165, 1.54) is 12.1 Å². The highest BCUT2D eigenvalue weighted by molar-refractivity contribution is 6.30. The molecule has 0 amide bonds. The van der Waals surface area contributed by atoms with Crippen molar-refractivity contribution >= 4 is 17.3 Å². The van der Waals surface area contributed by atoms with Crippen LogP contribution in [-0.2, 0) is 6.54 Å². The van der Waals surface area contributed by atoms with Crippen LogP contribution in [0, 0.1) is 23.0 Å². The Hall–Kier alpha value is -2.12. The zero-order valence-corrected chi connectivity index (χ0v) is 11.5. The van der Waals surface area contributed by atoms with Crippen molar-refractivity contribution in [1.29, 1.82) is 5.26 Å². The molecule has 0 bridgehead atoms. The van der Waals surface area contributed by atoms with Gasteiger partial charge in [0.05, 0.1) is 11.3 Å². The van der Waals surface area contributed by atoms with Crippen LogP contribution in [0.2, 0.25) is 5.02 Å². The van der Waals surface area contributed by atoms with E-state index in [9.17, 15) is 8.78 Å². The van der Waals surface area contributed by atoms with Crippen LogP contribution in [0.4, 0.5) is 14.5 Å². The zero-order valence-electron chi connectivity index (χ0n) is 10.7. The van der Waals surface area contributed by atoms with Crippen molar-refractivity contribution in [2.45, 2.75) is 6.54 Å². The zero-order chi connectivity index (χ0) is 14.7. The third-order valence-electron chi connectivity index (χ3n) is 2.93. The van der Waals surface area contributed by atoms with Crippen LogP contribution in [0.3, 0.4) is 0 Å². The van der Waals surface area contributed by atoms with Gasteiger partial charge in [0.2, 0.25) is 0 Å². The molecule has 0 aliphatic rings. The van der Waals surface area contributed by atoms with Crippen LogP contribution in [0.15, 0.2) is 36.4 Å². The van der Waals surface area contributed by atoms with E-state index in [-0.39, 0.29) is 11.3 Å². The third kappa shape index (κ3) is 2.89. The lowest BCUT2D eigenvalue weighted by molar-refractivity contribution is 0.505. The number of halogens is 3. The summed E-state index contributed by atoms with van der Waals surface area (Å²) in [5.41, 5.74) is 0.726. The Bertz CT molecular complexity index is 663. The van der Waals surface area contributed by atoms with Crippen LogP contribution in [-0.4, -0.2) is 7.05 Å². The first-order valence-corrected chi connectivity index (χ1v) is 6.24. The van der Waals surface area contributed by atoms with E-state index in [1.54, 1.807) is 30.1 Å². The molecule has 0 aliphatic heterocycles. The summed E-state index contributed by atoms with van der Waals surface area (Å²) in [6.45, 7) is 0.402. The van der Waals surface area contributed by atoms with Gasteiger partial charge in [-0.1, -0.05) is 23.7 Å². The summed E-state index contributed by atoms with van der Waals surface area (Å²) in [6, 6.07) is 11.4. The van der Waals surface area contributed by atoms with Gasteiger partial charge in [0.25, 0.3) is 0 Å². The maximum Gasteiger partial charge on any atom is 0.183 e. The number of nitriles is 1. The summed E-state index contributed by atoms with van der Waals surface area (Å²) in [5, 5.41) is 9.27. The number of rotatable bonds is 3. The van der Waals surface area contributed by atoms with E-state index in [0.29, 0.717) is 11.6 Å². The maximum absolute atomic E-state index is 13.9. The Morgan fingerprint density at radius 1 is 1.10 bits per heavy atom. The minimum atomic E-state index is -1.12. The summed E-state index contributed by atoms with van der Waals surface area (Å²) in [5.74, 6) is -2.13. The van der Waals surface area contributed by atoms with E-state index in [1.807, 2.05) is 12.1 Å². The van der Waals surface area contributed by atoms with Gasteiger partial charge in [-0.2, -0.15) is 5.26 Å². The van der Waals surface area contributed by atoms with Crippen molar-refractivity contribution in [3.8, 4) is 6.07 Å². The normalized spacial score (nSPS) is 10.2. The summed E-state index contributed by atoms with van der Waals surface area (Å²) in [6.07, 6.45) is 0. The van der Waals surface area contributed by atoms with Crippen molar-refractivity contribution < 1.29 is 8.78 Å². The lowest BCUT2D eigenvalue weighted by atomic mass is 10.1. The van der Waals surface area contributed by atoms with Crippen LogP contribution in [0.5, 0.6) is 0 Å². The molecule has 5 heteroatoms. The molecule has 20 heavy (non-hydrogen) atoms. The molecule has 0 fully saturated rings. The second-order valence-electron chi connectivity index (χ2n) is 4.35. The highest BCUT2D eigenvalue weighted by Crippen LogP contribution is 2.24. The Morgan fingerprint density at radius 3 is 2.35 bits per heavy atom. The predicted octanol–water partition coefficient (Wildman–Crippen LogP) is 4.13. The van der Waals surface area contributed by atoms with E-state index in [2.05, 4.69) is 0 Å². The number of anilines is 1. The summed E-state index contributed by atoms with van der Waals surface area (Å²) in [7, 11) is 1.65. The van der Waals surface area contributed by atoms with Gasteiger partial charge in [0.15, 0.2) is 11.6 Å². The number of hydrogen-bond donors (Lipinski definition) is 0. The summed E-state index contributed by atoms with van der Waals surface area (Å²) in [4.78, 5) is 1.57. The molecule has 2 nitrogen and oxygen atoms in total. The monoisotopic (exact) mass is 292 g/mol. The van der Waals surface area contributed by atoms with E-state index in [0.717, 1.165) is 5.56 Å². The molecule has 2 rings (SSSR count). The van der Waals surface area contributed by atoms with Gasteiger partial charge >= 0.3 is 0 Å². The SMILES string of the molecule is CN(Cc1ccc(Cl)cc1)c1ccc(C#N)c(F)c1F. The highest BCUT2D eigenvalue weighted by Gasteiger charge is 2.16. The summed E-state index contributed by atoms with van der Waals surface area (Å²) < 4.78 is 27.5. The fourth-order valence-electron chi connectivity index (χ4n) is 1.87. The number of nitrogens with zero attached hydrogens (tertiary/aromatic N) is 2. The molecule has 0 spiro atoms. The first-order chi connectivity index (χ1) is 9.52. The molecule has 0 saturated carbocycles.